The molecule has 1 heterocycles. The topological polar surface area (TPSA) is 52.6 Å². The molecule has 18 heavy (non-hydrogen) atoms. The first-order valence-corrected chi connectivity index (χ1v) is 7.42. The third kappa shape index (κ3) is 2.16. The number of carbonyl (C=O) groups is 1. The van der Waals surface area contributed by atoms with Gasteiger partial charge in [0.2, 0.25) is 5.91 Å². The lowest BCUT2D eigenvalue weighted by Crippen LogP contribution is -2.52. The van der Waals surface area contributed by atoms with E-state index in [9.17, 15) is 9.90 Å². The average Bonchev–Trinajstić information content (AvgIpc) is 2.61. The summed E-state index contributed by atoms with van der Waals surface area (Å²) < 4.78 is 0. The predicted molar refractivity (Wildman–Crippen MR) is 68.7 cm³/mol. The highest BCUT2D eigenvalue weighted by atomic mass is 16.3. The lowest BCUT2D eigenvalue weighted by atomic mass is 9.76. The second-order valence-electron chi connectivity index (χ2n) is 6.48. The van der Waals surface area contributed by atoms with Crippen LogP contribution < -0.4 is 5.43 Å². The van der Waals surface area contributed by atoms with Gasteiger partial charge in [-0.25, -0.2) is 5.01 Å². The summed E-state index contributed by atoms with van der Waals surface area (Å²) >= 11 is 0. The zero-order valence-corrected chi connectivity index (χ0v) is 11.1. The van der Waals surface area contributed by atoms with Gasteiger partial charge in [-0.1, -0.05) is 19.3 Å². The molecule has 2 saturated carbocycles. The highest BCUT2D eigenvalue weighted by Gasteiger charge is 2.46. The molecule has 102 valence electrons. The first-order valence-electron chi connectivity index (χ1n) is 7.42. The fourth-order valence-electron chi connectivity index (χ4n) is 3.81. The summed E-state index contributed by atoms with van der Waals surface area (Å²) in [5, 5.41) is 12.3. The first-order chi connectivity index (χ1) is 8.62. The van der Waals surface area contributed by atoms with Gasteiger partial charge in [0.15, 0.2) is 0 Å². The highest BCUT2D eigenvalue weighted by molar-refractivity contribution is 5.79. The van der Waals surface area contributed by atoms with Gasteiger partial charge >= 0.3 is 0 Å². The molecular formula is C14H24N2O2. The Morgan fingerprint density at radius 1 is 1.11 bits per heavy atom. The quantitative estimate of drug-likeness (QED) is 0.804. The Morgan fingerprint density at radius 2 is 1.83 bits per heavy atom. The molecule has 0 radical (unpaired) electrons. The van der Waals surface area contributed by atoms with Crippen LogP contribution in [0.25, 0.3) is 0 Å². The number of nitrogens with zero attached hydrogens (tertiary/aromatic N) is 1. The second kappa shape index (κ2) is 4.49. The van der Waals surface area contributed by atoms with E-state index in [4.69, 9.17) is 0 Å². The van der Waals surface area contributed by atoms with Crippen molar-refractivity contribution in [1.29, 1.82) is 0 Å². The number of hydrazine groups is 1. The predicted octanol–water partition coefficient (Wildman–Crippen LogP) is 1.73. The summed E-state index contributed by atoms with van der Waals surface area (Å²) in [6, 6.07) is 0. The summed E-state index contributed by atoms with van der Waals surface area (Å²) in [5.41, 5.74) is 2.64. The SMILES string of the molecule is O=C1CC2(CCCCC2)N(CCC2(O)CCC2)N1. The van der Waals surface area contributed by atoms with Crippen LogP contribution in [0.3, 0.4) is 0 Å². The van der Waals surface area contributed by atoms with E-state index in [0.717, 1.165) is 45.1 Å². The molecule has 3 fully saturated rings. The zero-order valence-electron chi connectivity index (χ0n) is 11.1. The van der Waals surface area contributed by atoms with E-state index >= 15 is 0 Å². The Balaban J connectivity index is 1.63. The van der Waals surface area contributed by atoms with Crippen molar-refractivity contribution in [2.24, 2.45) is 0 Å². The molecule has 1 spiro atoms. The third-order valence-electron chi connectivity index (χ3n) is 5.19. The summed E-state index contributed by atoms with van der Waals surface area (Å²) in [7, 11) is 0. The van der Waals surface area contributed by atoms with Gasteiger partial charge in [0, 0.05) is 18.5 Å². The van der Waals surface area contributed by atoms with Crippen LogP contribution in [0, 0.1) is 0 Å². The Morgan fingerprint density at radius 3 is 2.44 bits per heavy atom. The Bertz CT molecular complexity index is 333. The van der Waals surface area contributed by atoms with Crippen LogP contribution in [0.4, 0.5) is 0 Å². The lowest BCUT2D eigenvalue weighted by Gasteiger charge is -2.43. The van der Waals surface area contributed by atoms with Gasteiger partial charge in [-0.05, 0) is 38.5 Å². The van der Waals surface area contributed by atoms with Crippen molar-refractivity contribution in [2.45, 2.75) is 75.3 Å². The number of nitrogens with one attached hydrogen (secondary N) is 1. The molecule has 4 heteroatoms. The Kier molecular flexibility index (Phi) is 3.10. The van der Waals surface area contributed by atoms with E-state index in [1.165, 1.54) is 19.3 Å². The lowest BCUT2D eigenvalue weighted by molar-refractivity contribution is -0.121. The van der Waals surface area contributed by atoms with E-state index < -0.39 is 5.60 Å². The highest BCUT2D eigenvalue weighted by Crippen LogP contribution is 2.40. The number of hydrogen-bond acceptors (Lipinski definition) is 3. The fraction of sp³-hybridized carbons (Fsp3) is 0.929. The van der Waals surface area contributed by atoms with Crippen LogP contribution in [0.5, 0.6) is 0 Å². The van der Waals surface area contributed by atoms with Crippen LogP contribution in [0.2, 0.25) is 0 Å². The van der Waals surface area contributed by atoms with Crippen molar-refractivity contribution in [3.8, 4) is 0 Å². The molecule has 4 nitrogen and oxygen atoms in total. The smallest absolute Gasteiger partial charge is 0.236 e. The van der Waals surface area contributed by atoms with E-state index in [1.807, 2.05) is 0 Å². The summed E-state index contributed by atoms with van der Waals surface area (Å²) in [6.45, 7) is 0.808. The van der Waals surface area contributed by atoms with Crippen molar-refractivity contribution in [3.05, 3.63) is 0 Å². The molecule has 0 aromatic carbocycles. The van der Waals surface area contributed by atoms with Crippen molar-refractivity contribution >= 4 is 5.91 Å². The van der Waals surface area contributed by atoms with Crippen molar-refractivity contribution in [2.75, 3.05) is 6.54 Å². The molecule has 2 aliphatic carbocycles. The van der Waals surface area contributed by atoms with Crippen molar-refractivity contribution < 1.29 is 9.90 Å². The summed E-state index contributed by atoms with van der Waals surface area (Å²) in [6.07, 6.45) is 10.5. The van der Waals surface area contributed by atoms with Gasteiger partial charge in [0.05, 0.1) is 5.60 Å². The molecule has 0 bridgehead atoms. The zero-order chi connectivity index (χ0) is 12.6. The van der Waals surface area contributed by atoms with Gasteiger partial charge in [-0.2, -0.15) is 0 Å². The molecule has 1 amide bonds. The minimum absolute atomic E-state index is 0.0649. The van der Waals surface area contributed by atoms with E-state index in [-0.39, 0.29) is 11.4 Å². The van der Waals surface area contributed by atoms with Gasteiger partial charge in [0.1, 0.15) is 0 Å². The monoisotopic (exact) mass is 252 g/mol. The molecule has 1 saturated heterocycles. The Labute approximate surface area is 109 Å². The Hall–Kier alpha value is -0.610. The van der Waals surface area contributed by atoms with Gasteiger partial charge in [0.25, 0.3) is 0 Å². The molecule has 0 unspecified atom stereocenters. The maximum absolute atomic E-state index is 11.7. The minimum atomic E-state index is -0.441. The number of hydrogen-bond donors (Lipinski definition) is 2. The average molecular weight is 252 g/mol. The van der Waals surface area contributed by atoms with Gasteiger partial charge in [-0.3, -0.25) is 10.2 Å². The van der Waals surface area contributed by atoms with E-state index in [2.05, 4.69) is 10.4 Å². The summed E-state index contributed by atoms with van der Waals surface area (Å²) in [4.78, 5) is 11.7. The molecule has 2 N–H and O–H groups in total. The van der Waals surface area contributed by atoms with E-state index in [0.29, 0.717) is 6.42 Å². The molecule has 1 aliphatic heterocycles. The normalized spacial score (nSPS) is 30.2. The molecule has 0 aromatic heterocycles. The van der Waals surface area contributed by atoms with Crippen molar-refractivity contribution in [1.82, 2.24) is 10.4 Å². The summed E-state index contributed by atoms with van der Waals surface area (Å²) in [5.74, 6) is 0.164. The molecule has 0 atom stereocenters. The van der Waals surface area contributed by atoms with Crippen molar-refractivity contribution in [3.63, 3.8) is 0 Å². The first kappa shape index (κ1) is 12.4. The van der Waals surface area contributed by atoms with Crippen LogP contribution in [0.15, 0.2) is 0 Å². The standard InChI is InChI=1S/C14H24N2O2/c17-12-11-13(5-2-1-3-6-13)16(15-12)10-9-14(18)7-4-8-14/h18H,1-11H2,(H,15,17). The van der Waals surface area contributed by atoms with Crippen LogP contribution >= 0.6 is 0 Å². The van der Waals surface area contributed by atoms with E-state index in [1.54, 1.807) is 0 Å². The minimum Gasteiger partial charge on any atom is -0.390 e. The number of amides is 1. The maximum atomic E-state index is 11.7. The molecule has 0 aromatic rings. The molecule has 3 aliphatic rings. The molecule has 3 rings (SSSR count). The number of carbonyl (C=O) groups excluding carboxylic acids is 1. The van der Waals surface area contributed by atoms with Crippen LogP contribution in [-0.2, 0) is 4.79 Å². The van der Waals surface area contributed by atoms with Gasteiger partial charge in [-0.15, -0.1) is 0 Å². The molecular weight excluding hydrogens is 228 g/mol. The second-order valence-corrected chi connectivity index (χ2v) is 6.48. The number of aliphatic hydroxyl groups is 1. The maximum Gasteiger partial charge on any atom is 0.236 e. The number of rotatable bonds is 3. The largest absolute Gasteiger partial charge is 0.390 e. The van der Waals surface area contributed by atoms with Gasteiger partial charge < -0.3 is 5.11 Å². The van der Waals surface area contributed by atoms with Crippen LogP contribution in [0.1, 0.15) is 64.2 Å². The fourth-order valence-corrected chi connectivity index (χ4v) is 3.81. The third-order valence-corrected chi connectivity index (χ3v) is 5.19. The van der Waals surface area contributed by atoms with Crippen LogP contribution in [-0.4, -0.2) is 33.7 Å².